The minimum atomic E-state index is -4.95. The molecule has 89 heavy (non-hydrogen) atoms. The molecule has 17 nitrogen and oxygen atoms in total. The van der Waals surface area contributed by atoms with Gasteiger partial charge < -0.3 is 33.8 Å². The van der Waals surface area contributed by atoms with E-state index >= 15 is 0 Å². The normalized spacial score (nSPS) is 14.2. The van der Waals surface area contributed by atoms with Gasteiger partial charge in [-0.25, -0.2) is 9.13 Å². The molecule has 0 aromatic carbocycles. The van der Waals surface area contributed by atoms with Crippen LogP contribution >= 0.6 is 15.6 Å². The molecule has 0 aromatic heterocycles. The fourth-order valence-corrected chi connectivity index (χ4v) is 12.1. The first kappa shape index (κ1) is 87.1. The summed E-state index contributed by atoms with van der Waals surface area (Å²) in [6.07, 6.45) is 44.4. The van der Waals surface area contributed by atoms with Gasteiger partial charge in [0.2, 0.25) is 0 Å². The summed E-state index contributed by atoms with van der Waals surface area (Å²) in [4.78, 5) is 72.5. The number of phosphoric acid groups is 2. The zero-order valence-corrected chi connectivity index (χ0v) is 59.7. The number of carbonyl (C=O) groups excluding carboxylic acids is 4. The van der Waals surface area contributed by atoms with E-state index in [1.807, 2.05) is 0 Å². The Morgan fingerprint density at radius 2 is 0.517 bits per heavy atom. The van der Waals surface area contributed by atoms with Crippen molar-refractivity contribution in [3.05, 3.63) is 0 Å². The van der Waals surface area contributed by atoms with E-state index in [1.54, 1.807) is 0 Å². The second kappa shape index (κ2) is 61.0. The summed E-state index contributed by atoms with van der Waals surface area (Å²) in [5.41, 5.74) is 0. The van der Waals surface area contributed by atoms with Crippen LogP contribution < -0.4 is 0 Å². The lowest BCUT2D eigenvalue weighted by molar-refractivity contribution is -0.161. The maximum Gasteiger partial charge on any atom is 0.472 e. The SMILES string of the molecule is CCCCCCCCCCCCCC(=O)O[C@H](COC(=O)CCCCCCCCCC(C)C)COP(=O)(O)OC[C@H](O)COP(=O)(O)OC[C@@H](COC(=O)CCCCCCCCCCCC(C)C)OC(=O)CCCCCCCCCCCCCCCC(C)C. The van der Waals surface area contributed by atoms with Gasteiger partial charge in [0, 0.05) is 25.7 Å². The van der Waals surface area contributed by atoms with E-state index in [4.69, 9.17) is 37.0 Å². The molecular formula is C70H136O17P2. The van der Waals surface area contributed by atoms with Crippen molar-refractivity contribution in [1.29, 1.82) is 0 Å². The van der Waals surface area contributed by atoms with Crippen molar-refractivity contribution in [2.45, 2.75) is 369 Å². The van der Waals surface area contributed by atoms with Crippen LogP contribution in [0.25, 0.3) is 0 Å². The zero-order chi connectivity index (χ0) is 65.9. The van der Waals surface area contributed by atoms with Crippen LogP contribution in [0, 0.1) is 17.8 Å². The van der Waals surface area contributed by atoms with E-state index in [0.717, 1.165) is 108 Å². The molecule has 0 aliphatic carbocycles. The van der Waals surface area contributed by atoms with Crippen LogP contribution in [-0.2, 0) is 65.4 Å². The van der Waals surface area contributed by atoms with Crippen LogP contribution in [0.15, 0.2) is 0 Å². The van der Waals surface area contributed by atoms with E-state index in [9.17, 15) is 43.2 Å². The van der Waals surface area contributed by atoms with Gasteiger partial charge in [0.1, 0.15) is 19.3 Å². The lowest BCUT2D eigenvalue weighted by atomic mass is 10.0. The summed E-state index contributed by atoms with van der Waals surface area (Å²) in [6.45, 7) is 11.8. The maximum atomic E-state index is 13.0. The van der Waals surface area contributed by atoms with E-state index in [1.165, 1.54) is 154 Å². The number of esters is 4. The van der Waals surface area contributed by atoms with Crippen molar-refractivity contribution in [3.8, 4) is 0 Å². The Morgan fingerprint density at radius 1 is 0.303 bits per heavy atom. The molecule has 2 unspecified atom stereocenters. The number of aliphatic hydroxyl groups excluding tert-OH is 1. The maximum absolute atomic E-state index is 13.0. The van der Waals surface area contributed by atoms with Crippen LogP contribution in [-0.4, -0.2) is 96.7 Å². The number of hydrogen-bond donors (Lipinski definition) is 3. The van der Waals surface area contributed by atoms with Crippen molar-refractivity contribution in [2.24, 2.45) is 17.8 Å². The molecule has 0 spiro atoms. The molecule has 0 bridgehead atoms. The van der Waals surface area contributed by atoms with Gasteiger partial charge in [0.15, 0.2) is 12.2 Å². The summed E-state index contributed by atoms with van der Waals surface area (Å²) in [5, 5.41) is 10.6. The fourth-order valence-electron chi connectivity index (χ4n) is 10.5. The van der Waals surface area contributed by atoms with E-state index in [2.05, 4.69) is 48.5 Å². The minimum absolute atomic E-state index is 0.106. The van der Waals surface area contributed by atoms with Gasteiger partial charge in [-0.05, 0) is 43.4 Å². The van der Waals surface area contributed by atoms with Gasteiger partial charge in [-0.3, -0.25) is 37.3 Å². The molecule has 0 rings (SSSR count). The predicted octanol–water partition coefficient (Wildman–Crippen LogP) is 19.8. The molecule has 528 valence electrons. The Labute approximate surface area is 543 Å². The van der Waals surface area contributed by atoms with Gasteiger partial charge in [0.05, 0.1) is 26.4 Å². The highest BCUT2D eigenvalue weighted by molar-refractivity contribution is 7.47. The van der Waals surface area contributed by atoms with E-state index < -0.39 is 97.5 Å². The zero-order valence-electron chi connectivity index (χ0n) is 57.9. The van der Waals surface area contributed by atoms with E-state index in [0.29, 0.717) is 31.6 Å². The molecule has 0 amide bonds. The number of aliphatic hydroxyl groups is 1. The Hall–Kier alpha value is -1.94. The molecule has 0 saturated heterocycles. The highest BCUT2D eigenvalue weighted by Crippen LogP contribution is 2.45. The average molecular weight is 1310 g/mol. The van der Waals surface area contributed by atoms with E-state index in [-0.39, 0.29) is 25.7 Å². The first-order chi connectivity index (χ1) is 42.7. The largest absolute Gasteiger partial charge is 0.472 e. The molecule has 0 saturated carbocycles. The standard InChI is InChI=1S/C70H136O17P2/c1-8-9-10-11-12-13-17-23-31-39-46-53-69(74)87-66(58-81-68(73)52-45-38-33-26-29-36-43-50-63(6)7)60-85-89(78,79)83-56-64(71)55-82-88(76,77)84-59-65(57-80-67(72)51-44-37-30-25-20-22-28-35-42-49-62(4)5)86-70(75)54-47-40-32-24-19-16-14-15-18-21-27-34-41-48-61(2)3/h61-66,71H,8-60H2,1-7H3,(H,76,77)(H,78,79)/t64-,65-,66-/m1/s1. The smallest absolute Gasteiger partial charge is 0.462 e. The Morgan fingerprint density at radius 3 is 0.764 bits per heavy atom. The lowest BCUT2D eigenvalue weighted by Crippen LogP contribution is -2.30. The van der Waals surface area contributed by atoms with Crippen LogP contribution in [0.5, 0.6) is 0 Å². The van der Waals surface area contributed by atoms with Crippen molar-refractivity contribution in [2.75, 3.05) is 39.6 Å². The van der Waals surface area contributed by atoms with Crippen molar-refractivity contribution in [1.82, 2.24) is 0 Å². The van der Waals surface area contributed by atoms with Crippen molar-refractivity contribution < 1.29 is 80.2 Å². The molecule has 5 atom stereocenters. The van der Waals surface area contributed by atoms with Gasteiger partial charge in [-0.1, -0.05) is 299 Å². The molecule has 3 N–H and O–H groups in total. The lowest BCUT2D eigenvalue weighted by Gasteiger charge is -2.21. The molecule has 19 heteroatoms. The highest BCUT2D eigenvalue weighted by atomic mass is 31.2. The van der Waals surface area contributed by atoms with Gasteiger partial charge in [-0.2, -0.15) is 0 Å². The number of phosphoric ester groups is 2. The molecule has 0 aliphatic rings. The quantitative estimate of drug-likeness (QED) is 0.0222. The average Bonchev–Trinajstić information content (AvgIpc) is 3.54. The summed E-state index contributed by atoms with van der Waals surface area (Å²) >= 11 is 0. The van der Waals surface area contributed by atoms with Gasteiger partial charge >= 0.3 is 39.5 Å². The van der Waals surface area contributed by atoms with Crippen LogP contribution in [0.1, 0.15) is 350 Å². The second-order valence-electron chi connectivity index (χ2n) is 26.7. The third kappa shape index (κ3) is 64.6. The Bertz CT molecular complexity index is 1750. The van der Waals surface area contributed by atoms with Crippen molar-refractivity contribution in [3.63, 3.8) is 0 Å². The Kier molecular flexibility index (Phi) is 59.6. The number of hydrogen-bond acceptors (Lipinski definition) is 15. The number of rotatable bonds is 68. The number of carbonyl (C=O) groups is 4. The monoisotopic (exact) mass is 1310 g/mol. The fraction of sp³-hybridized carbons (Fsp3) is 0.943. The molecule has 0 aromatic rings. The molecule has 0 fully saturated rings. The third-order valence-electron chi connectivity index (χ3n) is 16.1. The first-order valence-corrected chi connectivity index (χ1v) is 39.3. The van der Waals surface area contributed by atoms with Gasteiger partial charge in [-0.15, -0.1) is 0 Å². The first-order valence-electron chi connectivity index (χ1n) is 36.3. The minimum Gasteiger partial charge on any atom is -0.462 e. The summed E-state index contributed by atoms with van der Waals surface area (Å²) < 4.78 is 68.3. The van der Waals surface area contributed by atoms with Gasteiger partial charge in [0.25, 0.3) is 0 Å². The molecule has 0 heterocycles. The summed E-state index contributed by atoms with van der Waals surface area (Å²) in [7, 11) is -9.90. The van der Waals surface area contributed by atoms with Crippen molar-refractivity contribution >= 4 is 39.5 Å². The Balaban J connectivity index is 5.24. The third-order valence-corrected chi connectivity index (χ3v) is 18.0. The molecule has 0 radical (unpaired) electrons. The summed E-state index contributed by atoms with van der Waals surface area (Å²) in [6, 6.07) is 0. The van der Waals surface area contributed by atoms with Crippen LogP contribution in [0.2, 0.25) is 0 Å². The predicted molar refractivity (Wildman–Crippen MR) is 358 cm³/mol. The van der Waals surface area contributed by atoms with Crippen LogP contribution in [0.4, 0.5) is 0 Å². The number of unbranched alkanes of at least 4 members (excludes halogenated alkanes) is 36. The molecular weight excluding hydrogens is 1170 g/mol. The molecule has 0 aliphatic heterocycles. The highest BCUT2D eigenvalue weighted by Gasteiger charge is 2.30. The second-order valence-corrected chi connectivity index (χ2v) is 29.6. The summed E-state index contributed by atoms with van der Waals surface area (Å²) in [5.74, 6) is 0.109. The number of ether oxygens (including phenoxy) is 4. The topological polar surface area (TPSA) is 237 Å². The van der Waals surface area contributed by atoms with Crippen LogP contribution in [0.3, 0.4) is 0 Å².